The predicted molar refractivity (Wildman–Crippen MR) is 82.3 cm³/mol. The normalized spacial score (nSPS) is 28.1. The van der Waals surface area contributed by atoms with Crippen molar-refractivity contribution < 1.29 is 9.47 Å². The molecule has 3 unspecified atom stereocenters. The summed E-state index contributed by atoms with van der Waals surface area (Å²) in [6.45, 7) is 2.27. The maximum atomic E-state index is 6.53. The van der Waals surface area contributed by atoms with Crippen LogP contribution in [0.1, 0.15) is 44.2 Å². The fraction of sp³-hybridized carbons (Fsp3) is 0.625. The van der Waals surface area contributed by atoms with Gasteiger partial charge in [-0.3, -0.25) is 0 Å². The van der Waals surface area contributed by atoms with Crippen molar-refractivity contribution in [2.45, 2.75) is 44.2 Å². The lowest BCUT2D eigenvalue weighted by Crippen LogP contribution is -2.46. The Hall–Kier alpha value is -0.770. The molecule has 3 atom stereocenters. The van der Waals surface area contributed by atoms with E-state index in [9.17, 15) is 0 Å². The fourth-order valence-electron chi connectivity index (χ4n) is 3.31. The predicted octanol–water partition coefficient (Wildman–Crippen LogP) is 3.94. The van der Waals surface area contributed by atoms with E-state index in [-0.39, 0.29) is 11.6 Å². The van der Waals surface area contributed by atoms with Gasteiger partial charge in [0, 0.05) is 7.11 Å². The summed E-state index contributed by atoms with van der Waals surface area (Å²) in [6, 6.07) is 5.56. The van der Waals surface area contributed by atoms with Gasteiger partial charge in [-0.1, -0.05) is 37.4 Å². The molecule has 20 heavy (non-hydrogen) atoms. The number of ether oxygens (including phenoxy) is 2. The van der Waals surface area contributed by atoms with Crippen LogP contribution in [0.5, 0.6) is 5.75 Å². The molecule has 112 valence electrons. The van der Waals surface area contributed by atoms with E-state index in [1.165, 1.54) is 6.42 Å². The zero-order valence-corrected chi connectivity index (χ0v) is 13.2. The number of benzene rings is 1. The van der Waals surface area contributed by atoms with Crippen LogP contribution in [0.2, 0.25) is 5.02 Å². The van der Waals surface area contributed by atoms with Gasteiger partial charge in [0.05, 0.1) is 23.8 Å². The standard InChI is InChI=1S/C16H24ClNO2/c1-11-5-4-8-16(10-11,20-3)15(18)12-6-7-13(17)14(9-12)19-2/h6-7,9,11,15H,4-5,8,10,18H2,1-3H3. The quantitative estimate of drug-likeness (QED) is 0.915. The molecule has 4 heteroatoms. The first-order valence-electron chi connectivity index (χ1n) is 7.16. The number of hydrogen-bond acceptors (Lipinski definition) is 3. The summed E-state index contributed by atoms with van der Waals surface area (Å²) < 4.78 is 11.2. The van der Waals surface area contributed by atoms with Gasteiger partial charge in [-0.2, -0.15) is 0 Å². The first-order chi connectivity index (χ1) is 9.52. The SMILES string of the molecule is COc1cc(C(N)C2(OC)CCCC(C)C2)ccc1Cl. The number of hydrogen-bond donors (Lipinski definition) is 1. The van der Waals surface area contributed by atoms with Crippen LogP contribution in [0.4, 0.5) is 0 Å². The van der Waals surface area contributed by atoms with E-state index in [1.807, 2.05) is 18.2 Å². The number of methoxy groups -OCH3 is 2. The summed E-state index contributed by atoms with van der Waals surface area (Å²) in [5.41, 5.74) is 7.26. The van der Waals surface area contributed by atoms with Crippen molar-refractivity contribution in [3.63, 3.8) is 0 Å². The molecular formula is C16H24ClNO2. The average molecular weight is 298 g/mol. The molecule has 2 rings (SSSR count). The van der Waals surface area contributed by atoms with Crippen molar-refractivity contribution in [2.24, 2.45) is 11.7 Å². The van der Waals surface area contributed by atoms with E-state index < -0.39 is 0 Å². The van der Waals surface area contributed by atoms with Crippen molar-refractivity contribution in [1.82, 2.24) is 0 Å². The lowest BCUT2D eigenvalue weighted by Gasteiger charge is -2.43. The number of rotatable bonds is 4. The van der Waals surface area contributed by atoms with Crippen LogP contribution in [-0.4, -0.2) is 19.8 Å². The molecule has 1 saturated carbocycles. The van der Waals surface area contributed by atoms with Crippen LogP contribution in [0.3, 0.4) is 0 Å². The Morgan fingerprint density at radius 3 is 2.75 bits per heavy atom. The second kappa shape index (κ2) is 6.33. The molecule has 2 N–H and O–H groups in total. The highest BCUT2D eigenvalue weighted by molar-refractivity contribution is 6.32. The summed E-state index contributed by atoms with van der Waals surface area (Å²) >= 11 is 6.08. The van der Waals surface area contributed by atoms with Crippen LogP contribution in [0.15, 0.2) is 18.2 Å². The Bertz CT molecular complexity index is 466. The Morgan fingerprint density at radius 1 is 1.40 bits per heavy atom. The zero-order chi connectivity index (χ0) is 14.8. The lowest BCUT2D eigenvalue weighted by atomic mass is 9.73. The highest BCUT2D eigenvalue weighted by Gasteiger charge is 2.41. The minimum atomic E-state index is -0.281. The van der Waals surface area contributed by atoms with Crippen LogP contribution >= 0.6 is 11.6 Å². The molecule has 3 nitrogen and oxygen atoms in total. The van der Waals surface area contributed by atoms with Crippen LogP contribution < -0.4 is 10.5 Å². The van der Waals surface area contributed by atoms with Gasteiger partial charge in [0.25, 0.3) is 0 Å². The Balaban J connectivity index is 2.30. The van der Waals surface area contributed by atoms with E-state index in [0.717, 1.165) is 24.8 Å². The van der Waals surface area contributed by atoms with Crippen molar-refractivity contribution in [3.8, 4) is 5.75 Å². The molecule has 0 saturated heterocycles. The molecular weight excluding hydrogens is 274 g/mol. The molecule has 0 heterocycles. The first-order valence-corrected chi connectivity index (χ1v) is 7.54. The van der Waals surface area contributed by atoms with Crippen molar-refractivity contribution in [3.05, 3.63) is 28.8 Å². The smallest absolute Gasteiger partial charge is 0.137 e. The lowest BCUT2D eigenvalue weighted by molar-refractivity contribution is -0.0718. The van der Waals surface area contributed by atoms with Gasteiger partial charge in [0.15, 0.2) is 0 Å². The molecule has 1 aromatic rings. The van der Waals surface area contributed by atoms with Crippen LogP contribution in [-0.2, 0) is 4.74 Å². The molecule has 0 bridgehead atoms. The van der Waals surface area contributed by atoms with Crippen LogP contribution in [0, 0.1) is 5.92 Å². The summed E-state index contributed by atoms with van der Waals surface area (Å²) in [5, 5.41) is 0.604. The molecule has 1 aliphatic rings. The molecule has 0 amide bonds. The largest absolute Gasteiger partial charge is 0.495 e. The van der Waals surface area contributed by atoms with Gasteiger partial charge in [-0.15, -0.1) is 0 Å². The minimum absolute atomic E-state index is 0.165. The maximum absolute atomic E-state index is 6.53. The highest BCUT2D eigenvalue weighted by Crippen LogP contribution is 2.43. The zero-order valence-electron chi connectivity index (χ0n) is 12.5. The third kappa shape index (κ3) is 2.95. The Morgan fingerprint density at radius 2 is 2.15 bits per heavy atom. The second-order valence-corrected chi connectivity index (χ2v) is 6.25. The molecule has 0 aliphatic heterocycles. The van der Waals surface area contributed by atoms with Gasteiger partial charge in [-0.25, -0.2) is 0 Å². The molecule has 0 spiro atoms. The summed E-state index contributed by atoms with van der Waals surface area (Å²) in [5.74, 6) is 1.30. The molecule has 1 fully saturated rings. The van der Waals surface area contributed by atoms with Gasteiger partial charge >= 0.3 is 0 Å². The highest BCUT2D eigenvalue weighted by atomic mass is 35.5. The number of halogens is 1. The summed E-state index contributed by atoms with van der Waals surface area (Å²) in [7, 11) is 3.39. The maximum Gasteiger partial charge on any atom is 0.137 e. The van der Waals surface area contributed by atoms with E-state index in [1.54, 1.807) is 14.2 Å². The Kier molecular flexibility index (Phi) is 4.95. The molecule has 0 aromatic heterocycles. The monoisotopic (exact) mass is 297 g/mol. The van der Waals surface area contributed by atoms with E-state index in [2.05, 4.69) is 6.92 Å². The minimum Gasteiger partial charge on any atom is -0.495 e. The van der Waals surface area contributed by atoms with Crippen LogP contribution in [0.25, 0.3) is 0 Å². The van der Waals surface area contributed by atoms with Gasteiger partial charge in [0.1, 0.15) is 5.75 Å². The topological polar surface area (TPSA) is 44.5 Å². The summed E-state index contributed by atoms with van der Waals surface area (Å²) in [6.07, 6.45) is 4.41. The average Bonchev–Trinajstić information content (AvgIpc) is 2.47. The Labute approximate surface area is 126 Å². The fourth-order valence-corrected chi connectivity index (χ4v) is 3.51. The van der Waals surface area contributed by atoms with Crippen molar-refractivity contribution >= 4 is 11.6 Å². The molecule has 0 radical (unpaired) electrons. The first kappa shape index (κ1) is 15.6. The third-order valence-corrected chi connectivity index (χ3v) is 4.81. The van der Waals surface area contributed by atoms with Crippen molar-refractivity contribution in [1.29, 1.82) is 0 Å². The number of nitrogens with two attached hydrogens (primary N) is 1. The summed E-state index contributed by atoms with van der Waals surface area (Å²) in [4.78, 5) is 0. The second-order valence-electron chi connectivity index (χ2n) is 5.84. The molecule has 1 aliphatic carbocycles. The van der Waals surface area contributed by atoms with Crippen molar-refractivity contribution in [2.75, 3.05) is 14.2 Å². The molecule has 1 aromatic carbocycles. The third-order valence-electron chi connectivity index (χ3n) is 4.50. The van der Waals surface area contributed by atoms with Gasteiger partial charge in [0.2, 0.25) is 0 Å². The van der Waals surface area contributed by atoms with Gasteiger partial charge in [-0.05, 0) is 36.5 Å². The van der Waals surface area contributed by atoms with E-state index in [4.69, 9.17) is 26.8 Å². The van der Waals surface area contributed by atoms with E-state index in [0.29, 0.717) is 16.7 Å². The van der Waals surface area contributed by atoms with Gasteiger partial charge < -0.3 is 15.2 Å². The van der Waals surface area contributed by atoms with E-state index >= 15 is 0 Å².